The summed E-state index contributed by atoms with van der Waals surface area (Å²) < 4.78 is 41.3. The summed E-state index contributed by atoms with van der Waals surface area (Å²) in [6, 6.07) is 9.75. The first-order valence-corrected chi connectivity index (χ1v) is 7.59. The van der Waals surface area contributed by atoms with Crippen molar-refractivity contribution in [3.63, 3.8) is 0 Å². The van der Waals surface area contributed by atoms with Crippen LogP contribution < -0.4 is 21.2 Å². The van der Waals surface area contributed by atoms with Crippen molar-refractivity contribution in [1.29, 1.82) is 0 Å². The molecule has 0 bridgehead atoms. The molecule has 0 radical (unpaired) electrons. The highest BCUT2D eigenvalue weighted by molar-refractivity contribution is 6.05. The van der Waals surface area contributed by atoms with E-state index in [4.69, 9.17) is 0 Å². The van der Waals surface area contributed by atoms with Crippen LogP contribution in [0.5, 0.6) is 5.75 Å². The third kappa shape index (κ3) is 4.54. The fourth-order valence-electron chi connectivity index (χ4n) is 2.29. The molecule has 27 heavy (non-hydrogen) atoms. The van der Waals surface area contributed by atoms with Crippen LogP contribution in [-0.4, -0.2) is 28.7 Å². The highest BCUT2D eigenvalue weighted by atomic mass is 19.4. The van der Waals surface area contributed by atoms with Crippen molar-refractivity contribution in [1.82, 2.24) is 9.97 Å². The van der Waals surface area contributed by atoms with E-state index < -0.39 is 29.8 Å². The average Bonchev–Trinajstić information content (AvgIpc) is 2.60. The van der Waals surface area contributed by atoms with Gasteiger partial charge in [0.1, 0.15) is 5.75 Å². The Morgan fingerprint density at radius 3 is 2.41 bits per heavy atom. The molecule has 0 unspecified atom stereocenters. The standard InChI is InChI=1S/C17H12F3N3O4/c18-17(19,20)8-27-11-3-1-2-10(7-11)21-14(24)9-4-5-12-13(6-9)23-16(26)15(25)22-12/h1-7H,8H2,(H,21,24)(H,22,25)(H,23,26). The summed E-state index contributed by atoms with van der Waals surface area (Å²) in [4.78, 5) is 39.7. The third-order valence-electron chi connectivity index (χ3n) is 3.48. The predicted octanol–water partition coefficient (Wildman–Crippen LogP) is 2.41. The van der Waals surface area contributed by atoms with Gasteiger partial charge < -0.3 is 20.0 Å². The van der Waals surface area contributed by atoms with Crippen molar-refractivity contribution >= 4 is 22.6 Å². The number of carbonyl (C=O) groups excluding carboxylic acids is 1. The van der Waals surface area contributed by atoms with Gasteiger partial charge in [-0.3, -0.25) is 14.4 Å². The van der Waals surface area contributed by atoms with Gasteiger partial charge in [0.15, 0.2) is 6.61 Å². The Morgan fingerprint density at radius 1 is 1.00 bits per heavy atom. The molecular formula is C17H12F3N3O4. The molecule has 0 saturated heterocycles. The molecule has 2 aromatic carbocycles. The maximum Gasteiger partial charge on any atom is 0.422 e. The molecular weight excluding hydrogens is 367 g/mol. The summed E-state index contributed by atoms with van der Waals surface area (Å²) in [7, 11) is 0. The number of nitrogens with one attached hydrogen (secondary N) is 3. The number of ether oxygens (including phenoxy) is 1. The molecule has 3 aromatic rings. The largest absolute Gasteiger partial charge is 0.484 e. The normalized spacial score (nSPS) is 11.4. The minimum absolute atomic E-state index is 0.0504. The number of aromatic amines is 2. The van der Waals surface area contributed by atoms with Gasteiger partial charge in [-0.2, -0.15) is 13.2 Å². The van der Waals surface area contributed by atoms with Gasteiger partial charge in [0.05, 0.1) is 11.0 Å². The Balaban J connectivity index is 1.79. The SMILES string of the molecule is O=C(Nc1cccc(OCC(F)(F)F)c1)c1ccc2[nH]c(=O)c(=O)[nH]c2c1. The van der Waals surface area contributed by atoms with Gasteiger partial charge in [0.25, 0.3) is 5.91 Å². The van der Waals surface area contributed by atoms with E-state index in [2.05, 4.69) is 20.0 Å². The number of carbonyl (C=O) groups is 1. The number of hydrogen-bond donors (Lipinski definition) is 3. The quantitative estimate of drug-likeness (QED) is 0.606. The predicted molar refractivity (Wildman–Crippen MR) is 91.1 cm³/mol. The zero-order chi connectivity index (χ0) is 19.6. The molecule has 1 amide bonds. The Labute approximate surface area is 148 Å². The summed E-state index contributed by atoms with van der Waals surface area (Å²) in [6.07, 6.45) is -4.47. The van der Waals surface area contributed by atoms with Crippen molar-refractivity contribution in [3.05, 3.63) is 68.7 Å². The van der Waals surface area contributed by atoms with E-state index in [1.54, 1.807) is 0 Å². The van der Waals surface area contributed by atoms with E-state index in [1.807, 2.05) is 0 Å². The molecule has 0 spiro atoms. The molecule has 0 aliphatic carbocycles. The van der Waals surface area contributed by atoms with Crippen LogP contribution >= 0.6 is 0 Å². The second-order valence-corrected chi connectivity index (χ2v) is 5.55. The highest BCUT2D eigenvalue weighted by Gasteiger charge is 2.28. The number of benzene rings is 2. The Kier molecular flexibility index (Phi) is 4.72. The fourth-order valence-corrected chi connectivity index (χ4v) is 2.29. The van der Waals surface area contributed by atoms with Crippen molar-refractivity contribution in [2.24, 2.45) is 0 Å². The van der Waals surface area contributed by atoms with Crippen LogP contribution in [0.1, 0.15) is 10.4 Å². The first-order chi connectivity index (χ1) is 12.7. The van der Waals surface area contributed by atoms with E-state index in [-0.39, 0.29) is 22.5 Å². The number of aromatic nitrogens is 2. The lowest BCUT2D eigenvalue weighted by Crippen LogP contribution is -2.29. The molecule has 0 saturated carbocycles. The fraction of sp³-hybridized carbons (Fsp3) is 0.118. The maximum absolute atomic E-state index is 12.3. The van der Waals surface area contributed by atoms with Crippen LogP contribution in [0.2, 0.25) is 0 Å². The molecule has 7 nitrogen and oxygen atoms in total. The molecule has 0 atom stereocenters. The van der Waals surface area contributed by atoms with E-state index in [0.29, 0.717) is 5.52 Å². The molecule has 0 aliphatic rings. The van der Waals surface area contributed by atoms with E-state index in [0.717, 1.165) is 0 Å². The Bertz CT molecular complexity index is 1120. The van der Waals surface area contributed by atoms with Crippen LogP contribution in [0.25, 0.3) is 11.0 Å². The summed E-state index contributed by atoms with van der Waals surface area (Å²) >= 11 is 0. The molecule has 10 heteroatoms. The molecule has 0 aliphatic heterocycles. The smallest absolute Gasteiger partial charge is 0.422 e. The average molecular weight is 379 g/mol. The van der Waals surface area contributed by atoms with Crippen molar-refractivity contribution in [2.75, 3.05) is 11.9 Å². The topological polar surface area (TPSA) is 104 Å². The second-order valence-electron chi connectivity index (χ2n) is 5.55. The number of halogens is 3. The lowest BCUT2D eigenvalue weighted by atomic mass is 10.1. The lowest BCUT2D eigenvalue weighted by Gasteiger charge is -2.11. The molecule has 3 rings (SSSR count). The van der Waals surface area contributed by atoms with Gasteiger partial charge in [-0.15, -0.1) is 0 Å². The van der Waals surface area contributed by atoms with Gasteiger partial charge >= 0.3 is 17.3 Å². The van der Waals surface area contributed by atoms with Crippen LogP contribution in [0.4, 0.5) is 18.9 Å². The zero-order valence-electron chi connectivity index (χ0n) is 13.5. The van der Waals surface area contributed by atoms with Crippen molar-refractivity contribution in [3.8, 4) is 5.75 Å². The number of fused-ring (bicyclic) bond motifs is 1. The number of anilines is 1. The van der Waals surface area contributed by atoms with Crippen LogP contribution in [-0.2, 0) is 0 Å². The van der Waals surface area contributed by atoms with E-state index in [9.17, 15) is 27.6 Å². The van der Waals surface area contributed by atoms with Crippen LogP contribution in [0, 0.1) is 0 Å². The number of H-pyrrole nitrogens is 2. The van der Waals surface area contributed by atoms with Gasteiger partial charge in [-0.25, -0.2) is 0 Å². The molecule has 140 valence electrons. The summed E-state index contributed by atoms with van der Waals surface area (Å²) in [5.41, 5.74) is -0.653. The third-order valence-corrected chi connectivity index (χ3v) is 3.48. The molecule has 1 heterocycles. The van der Waals surface area contributed by atoms with Crippen molar-refractivity contribution in [2.45, 2.75) is 6.18 Å². The first kappa shape index (κ1) is 18.2. The van der Waals surface area contributed by atoms with Gasteiger partial charge in [0, 0.05) is 17.3 Å². The summed E-state index contributed by atoms with van der Waals surface area (Å²) in [6.45, 7) is -1.44. The molecule has 3 N–H and O–H groups in total. The minimum atomic E-state index is -4.47. The maximum atomic E-state index is 12.3. The van der Waals surface area contributed by atoms with Crippen LogP contribution in [0.15, 0.2) is 52.1 Å². The summed E-state index contributed by atoms with van der Waals surface area (Å²) in [5.74, 6) is -0.609. The lowest BCUT2D eigenvalue weighted by molar-refractivity contribution is -0.153. The second kappa shape index (κ2) is 6.98. The van der Waals surface area contributed by atoms with Crippen LogP contribution in [0.3, 0.4) is 0 Å². The number of hydrogen-bond acceptors (Lipinski definition) is 4. The number of rotatable bonds is 4. The number of alkyl halides is 3. The highest BCUT2D eigenvalue weighted by Crippen LogP contribution is 2.22. The minimum Gasteiger partial charge on any atom is -0.484 e. The molecule has 0 fully saturated rings. The zero-order valence-corrected chi connectivity index (χ0v) is 13.5. The van der Waals surface area contributed by atoms with E-state index >= 15 is 0 Å². The number of amides is 1. The summed E-state index contributed by atoms with van der Waals surface area (Å²) in [5, 5.41) is 2.52. The molecule has 1 aromatic heterocycles. The van der Waals surface area contributed by atoms with Gasteiger partial charge in [0.2, 0.25) is 0 Å². The Morgan fingerprint density at radius 2 is 1.70 bits per heavy atom. The first-order valence-electron chi connectivity index (χ1n) is 7.59. The Hall–Kier alpha value is -3.56. The van der Waals surface area contributed by atoms with Crippen molar-refractivity contribution < 1.29 is 22.7 Å². The van der Waals surface area contributed by atoms with Gasteiger partial charge in [-0.1, -0.05) is 6.07 Å². The monoisotopic (exact) mass is 379 g/mol. The van der Waals surface area contributed by atoms with Gasteiger partial charge in [-0.05, 0) is 30.3 Å². The van der Waals surface area contributed by atoms with E-state index in [1.165, 1.54) is 42.5 Å².